The molecule has 1 fully saturated rings. The highest BCUT2D eigenvalue weighted by molar-refractivity contribution is 5.33. The lowest BCUT2D eigenvalue weighted by atomic mass is 9.76. The van der Waals surface area contributed by atoms with Crippen molar-refractivity contribution in [1.29, 1.82) is 0 Å². The minimum Gasteiger partial charge on any atom is -0.396 e. The lowest BCUT2D eigenvalue weighted by Crippen LogP contribution is -2.42. The second-order valence-corrected chi connectivity index (χ2v) is 6.96. The van der Waals surface area contributed by atoms with Crippen molar-refractivity contribution in [3.05, 3.63) is 11.6 Å². The largest absolute Gasteiger partial charge is 0.396 e. The molecule has 19 heavy (non-hydrogen) atoms. The van der Waals surface area contributed by atoms with Crippen LogP contribution in [0.5, 0.6) is 0 Å². The molecule has 2 rings (SSSR count). The van der Waals surface area contributed by atoms with Crippen LogP contribution in [-0.4, -0.2) is 34.3 Å². The van der Waals surface area contributed by atoms with Crippen molar-refractivity contribution in [3.63, 3.8) is 0 Å². The number of allylic oxidation sites excluding steroid dienone is 1. The average Bonchev–Trinajstić information content (AvgIpc) is 2.60. The number of aliphatic hydroxyl groups is 2. The Bertz CT molecular complexity index is 363. The minimum absolute atomic E-state index is 0.00896. The van der Waals surface area contributed by atoms with Crippen LogP contribution in [0.4, 0.5) is 0 Å². The predicted octanol–water partition coefficient (Wildman–Crippen LogP) is 2.22. The maximum atomic E-state index is 9.74. The number of fused-ring (bicyclic) bond motifs is 1. The Morgan fingerprint density at radius 2 is 1.95 bits per heavy atom. The number of hydrogen-bond donors (Lipinski definition) is 3. The first-order valence-electron chi connectivity index (χ1n) is 7.17. The van der Waals surface area contributed by atoms with Gasteiger partial charge in [-0.05, 0) is 42.1 Å². The van der Waals surface area contributed by atoms with Gasteiger partial charge in [0, 0.05) is 12.5 Å². The van der Waals surface area contributed by atoms with Crippen LogP contribution in [-0.2, 0) is 4.89 Å². The zero-order valence-corrected chi connectivity index (χ0v) is 12.1. The summed E-state index contributed by atoms with van der Waals surface area (Å²) in [5.41, 5.74) is 0.226. The van der Waals surface area contributed by atoms with Crippen LogP contribution < -0.4 is 0 Å². The first-order chi connectivity index (χ1) is 8.90. The molecule has 0 aromatic rings. The van der Waals surface area contributed by atoms with Crippen LogP contribution in [0.3, 0.4) is 0 Å². The summed E-state index contributed by atoms with van der Waals surface area (Å²) in [7, 11) is 0. The van der Waals surface area contributed by atoms with Crippen molar-refractivity contribution < 1.29 is 20.4 Å². The van der Waals surface area contributed by atoms with Crippen molar-refractivity contribution >= 4 is 0 Å². The fourth-order valence-electron chi connectivity index (χ4n) is 4.05. The Morgan fingerprint density at radius 1 is 1.26 bits per heavy atom. The third-order valence-corrected chi connectivity index (χ3v) is 5.08. The van der Waals surface area contributed by atoms with Gasteiger partial charge in [0.25, 0.3) is 0 Å². The summed E-state index contributed by atoms with van der Waals surface area (Å²) in [4.78, 5) is 4.99. The van der Waals surface area contributed by atoms with Gasteiger partial charge < -0.3 is 10.2 Å². The monoisotopic (exact) mass is 270 g/mol. The lowest BCUT2D eigenvalue weighted by Gasteiger charge is -2.37. The fourth-order valence-corrected chi connectivity index (χ4v) is 4.05. The van der Waals surface area contributed by atoms with Crippen LogP contribution in [0.1, 0.15) is 40.0 Å². The molecule has 0 spiro atoms. The SMILES string of the molecule is CC1CCC(CO)C(CO)C2=CC(C)(C)CC21OO. The molecular weight excluding hydrogens is 244 g/mol. The summed E-state index contributed by atoms with van der Waals surface area (Å²) in [6, 6.07) is 0. The summed E-state index contributed by atoms with van der Waals surface area (Å²) >= 11 is 0. The zero-order chi connectivity index (χ0) is 14.3. The van der Waals surface area contributed by atoms with E-state index in [1.807, 2.05) is 0 Å². The van der Waals surface area contributed by atoms with Gasteiger partial charge in [-0.3, -0.25) is 5.26 Å². The molecule has 0 saturated heterocycles. The summed E-state index contributed by atoms with van der Waals surface area (Å²) in [5.74, 6) is 0.102. The van der Waals surface area contributed by atoms with Gasteiger partial charge >= 0.3 is 0 Å². The van der Waals surface area contributed by atoms with E-state index in [-0.39, 0.29) is 36.4 Å². The molecule has 4 nitrogen and oxygen atoms in total. The molecule has 0 amide bonds. The maximum absolute atomic E-state index is 9.74. The molecule has 0 heterocycles. The van der Waals surface area contributed by atoms with Gasteiger partial charge in [0.05, 0.1) is 6.61 Å². The zero-order valence-electron chi connectivity index (χ0n) is 12.1. The molecule has 1 saturated carbocycles. The van der Waals surface area contributed by atoms with E-state index in [4.69, 9.17) is 4.89 Å². The van der Waals surface area contributed by atoms with E-state index in [2.05, 4.69) is 26.8 Å². The van der Waals surface area contributed by atoms with E-state index < -0.39 is 5.60 Å². The first kappa shape index (κ1) is 15.0. The first-order valence-corrected chi connectivity index (χ1v) is 7.17. The van der Waals surface area contributed by atoms with Gasteiger partial charge in [-0.1, -0.05) is 26.8 Å². The van der Waals surface area contributed by atoms with Crippen LogP contribution in [0.15, 0.2) is 11.6 Å². The highest BCUT2D eigenvalue weighted by Crippen LogP contribution is 2.55. The molecule has 0 aromatic heterocycles. The Balaban J connectivity index is 2.49. The van der Waals surface area contributed by atoms with E-state index in [0.717, 1.165) is 24.8 Å². The third kappa shape index (κ3) is 2.35. The van der Waals surface area contributed by atoms with Gasteiger partial charge in [0.15, 0.2) is 0 Å². The molecule has 2 aliphatic carbocycles. The molecule has 4 heteroatoms. The Hall–Kier alpha value is -0.420. The molecule has 3 N–H and O–H groups in total. The Kier molecular flexibility index (Phi) is 4.07. The summed E-state index contributed by atoms with van der Waals surface area (Å²) < 4.78 is 0. The van der Waals surface area contributed by atoms with Crippen LogP contribution in [0, 0.1) is 23.2 Å². The van der Waals surface area contributed by atoms with Gasteiger partial charge in [-0.15, -0.1) is 0 Å². The van der Waals surface area contributed by atoms with Crippen LogP contribution in [0.25, 0.3) is 0 Å². The van der Waals surface area contributed by atoms with Gasteiger partial charge in [0.1, 0.15) is 5.60 Å². The van der Waals surface area contributed by atoms with Crippen molar-refractivity contribution in [2.24, 2.45) is 23.2 Å². The van der Waals surface area contributed by atoms with E-state index in [9.17, 15) is 15.5 Å². The Labute approximate surface area is 115 Å². The highest BCUT2D eigenvalue weighted by atomic mass is 17.1. The summed E-state index contributed by atoms with van der Waals surface area (Å²) in [6.07, 6.45) is 4.59. The van der Waals surface area contributed by atoms with Gasteiger partial charge in [0.2, 0.25) is 0 Å². The van der Waals surface area contributed by atoms with Crippen molar-refractivity contribution in [2.45, 2.75) is 45.6 Å². The fraction of sp³-hybridized carbons (Fsp3) is 0.867. The second kappa shape index (κ2) is 5.17. The molecule has 4 unspecified atom stereocenters. The smallest absolute Gasteiger partial charge is 0.128 e. The molecule has 0 aliphatic heterocycles. The summed E-state index contributed by atoms with van der Waals surface area (Å²) in [5, 5.41) is 28.9. The third-order valence-electron chi connectivity index (χ3n) is 5.08. The maximum Gasteiger partial charge on any atom is 0.128 e. The Morgan fingerprint density at radius 3 is 2.47 bits per heavy atom. The molecule has 0 bridgehead atoms. The molecule has 4 atom stereocenters. The van der Waals surface area contributed by atoms with E-state index in [1.165, 1.54) is 0 Å². The highest BCUT2D eigenvalue weighted by Gasteiger charge is 2.54. The molecule has 110 valence electrons. The standard InChI is InChI=1S/C15H26O4/c1-10-4-5-11(7-16)12(8-17)13-6-14(2,3)9-15(10,13)19-18/h6,10-12,16-18H,4-5,7-9H2,1-3H3. The number of rotatable bonds is 3. The van der Waals surface area contributed by atoms with Crippen LogP contribution >= 0.6 is 0 Å². The molecular formula is C15H26O4. The lowest BCUT2D eigenvalue weighted by molar-refractivity contribution is -0.327. The minimum atomic E-state index is -0.694. The van der Waals surface area contributed by atoms with Gasteiger partial charge in [-0.2, -0.15) is 0 Å². The van der Waals surface area contributed by atoms with E-state index >= 15 is 0 Å². The summed E-state index contributed by atoms with van der Waals surface area (Å²) in [6.45, 7) is 6.37. The van der Waals surface area contributed by atoms with Crippen molar-refractivity contribution in [2.75, 3.05) is 13.2 Å². The predicted molar refractivity (Wildman–Crippen MR) is 72.5 cm³/mol. The van der Waals surface area contributed by atoms with Gasteiger partial charge in [-0.25, -0.2) is 4.89 Å². The van der Waals surface area contributed by atoms with Crippen molar-refractivity contribution in [1.82, 2.24) is 0 Å². The quantitative estimate of drug-likeness (QED) is 0.418. The average molecular weight is 270 g/mol. The van der Waals surface area contributed by atoms with E-state index in [1.54, 1.807) is 0 Å². The number of hydrogen-bond acceptors (Lipinski definition) is 4. The molecule has 0 aromatic carbocycles. The second-order valence-electron chi connectivity index (χ2n) is 6.96. The normalized spacial score (nSPS) is 41.6. The van der Waals surface area contributed by atoms with E-state index in [0.29, 0.717) is 0 Å². The molecule has 2 aliphatic rings. The molecule has 0 radical (unpaired) electrons. The topological polar surface area (TPSA) is 69.9 Å². The number of aliphatic hydroxyl groups excluding tert-OH is 2. The van der Waals surface area contributed by atoms with Crippen LogP contribution in [0.2, 0.25) is 0 Å². The van der Waals surface area contributed by atoms with Crippen molar-refractivity contribution in [3.8, 4) is 0 Å².